The number of sulfonamides is 1. The van der Waals surface area contributed by atoms with Crippen molar-refractivity contribution in [1.82, 2.24) is 5.32 Å². The fourth-order valence-electron chi connectivity index (χ4n) is 2.77. The molecule has 1 N–H and O–H groups in total. The van der Waals surface area contributed by atoms with E-state index in [0.29, 0.717) is 6.54 Å². The Hall–Kier alpha value is -1.07. The van der Waals surface area contributed by atoms with Crippen LogP contribution in [0.25, 0.3) is 0 Å². The zero-order chi connectivity index (χ0) is 15.5. The van der Waals surface area contributed by atoms with E-state index in [-0.39, 0.29) is 6.04 Å². The minimum Gasteiger partial charge on any atom is -0.310 e. The molecule has 1 unspecified atom stereocenters. The molecule has 0 spiro atoms. The van der Waals surface area contributed by atoms with E-state index in [9.17, 15) is 8.42 Å². The van der Waals surface area contributed by atoms with E-state index >= 15 is 0 Å². The van der Waals surface area contributed by atoms with Crippen molar-refractivity contribution in [3.05, 3.63) is 29.8 Å². The van der Waals surface area contributed by atoms with E-state index < -0.39 is 15.3 Å². The number of nitrogens with one attached hydrogen (secondary N) is 1. The molecule has 21 heavy (non-hydrogen) atoms. The quantitative estimate of drug-likeness (QED) is 0.909. The van der Waals surface area contributed by atoms with Crippen LogP contribution in [0.1, 0.15) is 51.6 Å². The number of rotatable bonds is 5. The number of benzene rings is 1. The summed E-state index contributed by atoms with van der Waals surface area (Å²) < 4.78 is 26.9. The largest absolute Gasteiger partial charge is 0.310 e. The van der Waals surface area contributed by atoms with E-state index in [2.05, 4.69) is 18.3 Å². The summed E-state index contributed by atoms with van der Waals surface area (Å²) in [5, 5.41) is 3.15. The molecule has 0 fully saturated rings. The molecule has 0 radical (unpaired) electrons. The number of nitrogens with zero attached hydrogens (tertiary/aromatic N) is 1. The van der Waals surface area contributed by atoms with Crippen LogP contribution in [0, 0.1) is 0 Å². The predicted molar refractivity (Wildman–Crippen MR) is 88.1 cm³/mol. The summed E-state index contributed by atoms with van der Waals surface area (Å²) in [6.07, 6.45) is 2.93. The Morgan fingerprint density at radius 2 is 2.05 bits per heavy atom. The van der Waals surface area contributed by atoms with Crippen LogP contribution >= 0.6 is 0 Å². The van der Waals surface area contributed by atoms with Crippen molar-refractivity contribution >= 4 is 15.7 Å². The van der Waals surface area contributed by atoms with Crippen LogP contribution in [0.5, 0.6) is 0 Å². The molecular weight excluding hydrogens is 284 g/mol. The third-order valence-corrected chi connectivity index (χ3v) is 6.16. The van der Waals surface area contributed by atoms with E-state index in [1.54, 1.807) is 18.2 Å². The zero-order valence-electron chi connectivity index (χ0n) is 13.2. The van der Waals surface area contributed by atoms with Crippen LogP contribution in [-0.4, -0.2) is 26.8 Å². The molecule has 1 heterocycles. The summed E-state index contributed by atoms with van der Waals surface area (Å²) in [5.74, 6) is 0. The average Bonchev–Trinajstić information content (AvgIpc) is 2.64. The molecule has 5 heteroatoms. The van der Waals surface area contributed by atoms with Crippen LogP contribution in [0.4, 0.5) is 5.69 Å². The van der Waals surface area contributed by atoms with Gasteiger partial charge in [0.1, 0.15) is 0 Å². The van der Waals surface area contributed by atoms with E-state index in [1.807, 2.05) is 18.2 Å². The van der Waals surface area contributed by atoms with Crippen molar-refractivity contribution in [1.29, 1.82) is 0 Å². The lowest BCUT2D eigenvalue weighted by Gasteiger charge is -2.27. The zero-order valence-corrected chi connectivity index (χ0v) is 14.0. The van der Waals surface area contributed by atoms with Crippen LogP contribution in [-0.2, 0) is 10.0 Å². The van der Waals surface area contributed by atoms with Crippen LogP contribution in [0.15, 0.2) is 24.3 Å². The highest BCUT2D eigenvalue weighted by Crippen LogP contribution is 2.35. The first-order valence-electron chi connectivity index (χ1n) is 7.82. The highest BCUT2D eigenvalue weighted by molar-refractivity contribution is 7.93. The molecule has 0 saturated heterocycles. The van der Waals surface area contributed by atoms with Crippen LogP contribution in [0.2, 0.25) is 0 Å². The van der Waals surface area contributed by atoms with E-state index in [4.69, 9.17) is 0 Å². The minimum atomic E-state index is -3.28. The molecule has 4 nitrogen and oxygen atoms in total. The smallest absolute Gasteiger partial charge is 0.237 e. The molecule has 1 aliphatic rings. The van der Waals surface area contributed by atoms with E-state index in [1.165, 1.54) is 0 Å². The summed E-state index contributed by atoms with van der Waals surface area (Å²) in [4.78, 5) is 0. The topological polar surface area (TPSA) is 49.4 Å². The molecule has 0 amide bonds. The van der Waals surface area contributed by atoms with Crippen LogP contribution < -0.4 is 9.62 Å². The normalized spacial score (nSPS) is 19.4. The number of hydrogen-bond acceptors (Lipinski definition) is 3. The Kier molecular flexibility index (Phi) is 5.27. The van der Waals surface area contributed by atoms with E-state index in [0.717, 1.165) is 37.1 Å². The van der Waals surface area contributed by atoms with Crippen molar-refractivity contribution in [3.8, 4) is 0 Å². The molecule has 1 aromatic carbocycles. The number of fused-ring (bicyclic) bond motifs is 1. The molecule has 0 aliphatic carbocycles. The van der Waals surface area contributed by atoms with Gasteiger partial charge in [0.2, 0.25) is 10.0 Å². The van der Waals surface area contributed by atoms with Gasteiger partial charge in [-0.2, -0.15) is 0 Å². The summed E-state index contributed by atoms with van der Waals surface area (Å²) in [6.45, 7) is 7.16. The Bertz CT molecular complexity index is 569. The van der Waals surface area contributed by atoms with Gasteiger partial charge >= 0.3 is 0 Å². The monoisotopic (exact) mass is 310 g/mol. The molecular formula is C16H26N2O2S. The lowest BCUT2D eigenvalue weighted by Crippen LogP contribution is -2.37. The fraction of sp³-hybridized carbons (Fsp3) is 0.625. The highest BCUT2D eigenvalue weighted by Gasteiger charge is 2.31. The van der Waals surface area contributed by atoms with Gasteiger partial charge in [-0.05, 0) is 51.3 Å². The van der Waals surface area contributed by atoms with Gasteiger partial charge in [-0.15, -0.1) is 0 Å². The van der Waals surface area contributed by atoms with Crippen LogP contribution in [0.3, 0.4) is 0 Å². The Morgan fingerprint density at radius 3 is 2.71 bits per heavy atom. The predicted octanol–water partition coefficient (Wildman–Crippen LogP) is 3.07. The lowest BCUT2D eigenvalue weighted by atomic mass is 10.0. The van der Waals surface area contributed by atoms with Crippen molar-refractivity contribution in [2.45, 2.75) is 51.3 Å². The first kappa shape index (κ1) is 16.3. The Morgan fingerprint density at radius 1 is 1.33 bits per heavy atom. The maximum absolute atomic E-state index is 12.6. The minimum absolute atomic E-state index is 0.244. The van der Waals surface area contributed by atoms with Gasteiger partial charge in [0.25, 0.3) is 0 Å². The van der Waals surface area contributed by atoms with Gasteiger partial charge in [0.05, 0.1) is 10.9 Å². The molecule has 1 aromatic rings. The lowest BCUT2D eigenvalue weighted by molar-refractivity contribution is 0.496. The van der Waals surface area contributed by atoms with Crippen molar-refractivity contribution < 1.29 is 8.42 Å². The second-order valence-electron chi connectivity index (χ2n) is 5.87. The molecule has 0 aromatic heterocycles. The summed E-state index contributed by atoms with van der Waals surface area (Å²) in [7, 11) is -3.28. The second-order valence-corrected chi connectivity index (χ2v) is 8.29. The summed E-state index contributed by atoms with van der Waals surface area (Å²) in [5.41, 5.74) is 1.95. The average molecular weight is 310 g/mol. The molecule has 0 bridgehead atoms. The molecule has 118 valence electrons. The van der Waals surface area contributed by atoms with Gasteiger partial charge in [-0.25, -0.2) is 8.42 Å². The fourth-order valence-corrected chi connectivity index (χ4v) is 4.11. The highest BCUT2D eigenvalue weighted by atomic mass is 32.2. The Labute approximate surface area is 128 Å². The molecule has 2 rings (SSSR count). The molecule has 0 saturated carbocycles. The molecule has 1 atom stereocenters. The Balaban J connectivity index is 2.42. The van der Waals surface area contributed by atoms with Crippen molar-refractivity contribution in [2.24, 2.45) is 0 Å². The van der Waals surface area contributed by atoms with Crippen molar-refractivity contribution in [3.63, 3.8) is 0 Å². The second kappa shape index (κ2) is 6.79. The number of para-hydroxylation sites is 1. The van der Waals surface area contributed by atoms with Gasteiger partial charge in [0, 0.05) is 12.6 Å². The van der Waals surface area contributed by atoms with Gasteiger partial charge in [0.15, 0.2) is 0 Å². The summed E-state index contributed by atoms with van der Waals surface area (Å²) in [6, 6.07) is 8.14. The summed E-state index contributed by atoms with van der Waals surface area (Å²) >= 11 is 0. The maximum atomic E-state index is 12.6. The first-order chi connectivity index (χ1) is 9.98. The van der Waals surface area contributed by atoms with Crippen molar-refractivity contribution in [2.75, 3.05) is 17.4 Å². The standard InChI is InChI=1S/C16H26N2O2S/c1-4-11-17-15-9-7-12-18(21(19,20)13(2)3)16-10-6-5-8-14(15)16/h5-6,8,10,13,15,17H,4,7,9,11-12H2,1-3H3. The molecule has 1 aliphatic heterocycles. The van der Waals surface area contributed by atoms with Gasteiger partial charge in [-0.3, -0.25) is 4.31 Å². The number of anilines is 1. The third-order valence-electron chi connectivity index (χ3n) is 3.98. The number of hydrogen-bond donors (Lipinski definition) is 1. The van der Waals surface area contributed by atoms with Gasteiger partial charge in [-0.1, -0.05) is 25.1 Å². The van der Waals surface area contributed by atoms with Gasteiger partial charge < -0.3 is 5.32 Å². The third kappa shape index (κ3) is 3.40. The SMILES string of the molecule is CCCNC1CCCN(S(=O)(=O)C(C)C)c2ccccc21. The first-order valence-corrected chi connectivity index (χ1v) is 9.32. The maximum Gasteiger partial charge on any atom is 0.237 e.